The number of hydrogen-bond acceptors (Lipinski definition) is 7. The number of nitro benzene ring substituents is 1. The number of benzene rings is 1. The highest BCUT2D eigenvalue weighted by atomic mass is 32.1. The number of methoxy groups -OCH3 is 1. The molecule has 0 radical (unpaired) electrons. The van der Waals surface area contributed by atoms with Crippen molar-refractivity contribution in [3.05, 3.63) is 44.3 Å². The molecule has 2 aromatic rings. The lowest BCUT2D eigenvalue weighted by Crippen LogP contribution is -2.21. The fourth-order valence-electron chi connectivity index (χ4n) is 2.53. The molecule has 0 aliphatic carbocycles. The summed E-state index contributed by atoms with van der Waals surface area (Å²) < 4.78 is 10.3. The number of rotatable bonds is 8. The molecule has 2 N–H and O–H groups in total. The summed E-state index contributed by atoms with van der Waals surface area (Å²) in [7, 11) is 1.29. The zero-order chi connectivity index (χ0) is 20.1. The van der Waals surface area contributed by atoms with Crippen LogP contribution in [0.3, 0.4) is 0 Å². The van der Waals surface area contributed by atoms with Gasteiger partial charge in [-0.2, -0.15) is 0 Å². The van der Waals surface area contributed by atoms with Crippen molar-refractivity contribution in [1.29, 1.82) is 0 Å². The van der Waals surface area contributed by atoms with Gasteiger partial charge in [-0.3, -0.25) is 14.9 Å². The summed E-state index contributed by atoms with van der Waals surface area (Å²) in [5.74, 6) is -1.43. The minimum Gasteiger partial charge on any atom is -0.490 e. The molecule has 0 aliphatic rings. The van der Waals surface area contributed by atoms with Crippen molar-refractivity contribution in [2.24, 2.45) is 0 Å². The second-order valence-electron chi connectivity index (χ2n) is 5.43. The van der Waals surface area contributed by atoms with E-state index in [2.05, 4.69) is 5.32 Å². The molecule has 0 atom stereocenters. The van der Waals surface area contributed by atoms with Gasteiger partial charge in [-0.1, -0.05) is 6.92 Å². The Hall–Kier alpha value is -3.14. The number of hydrogen-bond donors (Lipinski definition) is 2. The SMILES string of the molecule is CCc1c(C)sc(NC(=O)COc2ccc([N+](=O)[O-])c(OC)c2)c1C(=O)O. The topological polar surface area (TPSA) is 128 Å². The summed E-state index contributed by atoms with van der Waals surface area (Å²) in [6.45, 7) is 3.25. The summed E-state index contributed by atoms with van der Waals surface area (Å²) in [5, 5.41) is 23.1. The Bertz CT molecular complexity index is 892. The van der Waals surface area contributed by atoms with Gasteiger partial charge in [0.1, 0.15) is 10.8 Å². The first kappa shape index (κ1) is 20.2. The lowest BCUT2D eigenvalue weighted by atomic mass is 10.1. The van der Waals surface area contributed by atoms with Crippen LogP contribution in [0.4, 0.5) is 10.7 Å². The van der Waals surface area contributed by atoms with E-state index in [9.17, 15) is 24.8 Å². The van der Waals surface area contributed by atoms with E-state index in [0.717, 1.165) is 4.88 Å². The van der Waals surface area contributed by atoms with Gasteiger partial charge in [0.05, 0.1) is 17.6 Å². The second-order valence-corrected chi connectivity index (χ2v) is 6.65. The molecule has 9 nitrogen and oxygen atoms in total. The van der Waals surface area contributed by atoms with Crippen LogP contribution in [0, 0.1) is 17.0 Å². The van der Waals surface area contributed by atoms with Gasteiger partial charge in [0.25, 0.3) is 5.91 Å². The van der Waals surface area contributed by atoms with Crippen molar-refractivity contribution >= 4 is 33.9 Å². The average Bonchev–Trinajstić information content (AvgIpc) is 2.94. The number of carboxylic acids is 1. The molecular weight excluding hydrogens is 376 g/mol. The van der Waals surface area contributed by atoms with E-state index in [0.29, 0.717) is 12.0 Å². The van der Waals surface area contributed by atoms with Gasteiger partial charge in [0.2, 0.25) is 5.75 Å². The third-order valence-corrected chi connectivity index (χ3v) is 4.81. The first-order valence-corrected chi connectivity index (χ1v) is 8.70. The summed E-state index contributed by atoms with van der Waals surface area (Å²) >= 11 is 1.19. The van der Waals surface area contributed by atoms with Gasteiger partial charge >= 0.3 is 11.7 Å². The van der Waals surface area contributed by atoms with Crippen LogP contribution in [-0.2, 0) is 11.2 Å². The zero-order valence-electron chi connectivity index (χ0n) is 14.9. The monoisotopic (exact) mass is 394 g/mol. The number of ether oxygens (including phenoxy) is 2. The van der Waals surface area contributed by atoms with Gasteiger partial charge in [-0.05, 0) is 25.0 Å². The molecule has 1 aromatic carbocycles. The van der Waals surface area contributed by atoms with E-state index in [-0.39, 0.29) is 27.8 Å². The van der Waals surface area contributed by atoms with Crippen LogP contribution in [0.5, 0.6) is 11.5 Å². The molecule has 1 heterocycles. The van der Waals surface area contributed by atoms with Crippen LogP contribution in [0.25, 0.3) is 0 Å². The van der Waals surface area contributed by atoms with Crippen molar-refractivity contribution in [3.8, 4) is 11.5 Å². The maximum absolute atomic E-state index is 12.1. The normalized spacial score (nSPS) is 10.3. The molecule has 10 heteroatoms. The maximum atomic E-state index is 12.1. The maximum Gasteiger partial charge on any atom is 0.339 e. The van der Waals surface area contributed by atoms with Crippen molar-refractivity contribution in [2.75, 3.05) is 19.0 Å². The Kier molecular flexibility index (Phi) is 6.35. The fraction of sp³-hybridized carbons (Fsp3) is 0.294. The summed E-state index contributed by atoms with van der Waals surface area (Å²) in [6.07, 6.45) is 0.541. The quantitative estimate of drug-likeness (QED) is 0.519. The molecule has 2 rings (SSSR count). The van der Waals surface area contributed by atoms with Crippen molar-refractivity contribution in [1.82, 2.24) is 0 Å². The molecule has 0 spiro atoms. The highest BCUT2D eigenvalue weighted by Crippen LogP contribution is 2.34. The number of nitrogens with one attached hydrogen (secondary N) is 1. The molecule has 0 unspecified atom stereocenters. The lowest BCUT2D eigenvalue weighted by molar-refractivity contribution is -0.385. The Morgan fingerprint density at radius 3 is 2.63 bits per heavy atom. The predicted molar refractivity (Wildman–Crippen MR) is 99.2 cm³/mol. The van der Waals surface area contributed by atoms with Gasteiger partial charge in [0, 0.05) is 17.0 Å². The van der Waals surface area contributed by atoms with Crippen LogP contribution in [0.2, 0.25) is 0 Å². The number of aryl methyl sites for hydroxylation is 1. The fourth-order valence-corrected chi connectivity index (χ4v) is 3.68. The molecule has 1 aromatic heterocycles. The lowest BCUT2D eigenvalue weighted by Gasteiger charge is -2.09. The number of amides is 1. The van der Waals surface area contributed by atoms with Crippen LogP contribution in [0.15, 0.2) is 18.2 Å². The number of anilines is 1. The number of nitro groups is 1. The Morgan fingerprint density at radius 2 is 2.07 bits per heavy atom. The number of carbonyl (C=O) groups is 2. The van der Waals surface area contributed by atoms with Gasteiger partial charge < -0.3 is 19.9 Å². The molecule has 144 valence electrons. The third-order valence-electron chi connectivity index (χ3n) is 3.75. The standard InChI is InChI=1S/C17H18N2O7S/c1-4-11-9(2)27-16(15(11)17(21)22)18-14(20)8-26-10-5-6-12(19(23)24)13(7-10)25-3/h5-7H,4,8H2,1-3H3,(H,18,20)(H,21,22). The van der Waals surface area contributed by atoms with E-state index in [1.165, 1.54) is 36.6 Å². The van der Waals surface area contributed by atoms with Crippen molar-refractivity contribution < 1.29 is 29.1 Å². The summed E-state index contributed by atoms with van der Waals surface area (Å²) in [5.41, 5.74) is 0.552. The smallest absolute Gasteiger partial charge is 0.339 e. The number of thiophene rings is 1. The summed E-state index contributed by atoms with van der Waals surface area (Å²) in [6, 6.07) is 3.87. The average molecular weight is 394 g/mol. The summed E-state index contributed by atoms with van der Waals surface area (Å²) in [4.78, 5) is 34.7. The predicted octanol–water partition coefficient (Wildman–Crippen LogP) is 3.25. The molecule has 0 fully saturated rings. The van der Waals surface area contributed by atoms with Gasteiger partial charge in [-0.15, -0.1) is 11.3 Å². The minimum absolute atomic E-state index is 0.00698. The van der Waals surface area contributed by atoms with Crippen LogP contribution < -0.4 is 14.8 Å². The first-order chi connectivity index (χ1) is 12.8. The van der Waals surface area contributed by atoms with Crippen LogP contribution >= 0.6 is 11.3 Å². The number of carbonyl (C=O) groups excluding carboxylic acids is 1. The van der Waals surface area contributed by atoms with E-state index in [4.69, 9.17) is 9.47 Å². The highest BCUT2D eigenvalue weighted by Gasteiger charge is 2.22. The Morgan fingerprint density at radius 1 is 1.37 bits per heavy atom. The van der Waals surface area contributed by atoms with Crippen molar-refractivity contribution in [2.45, 2.75) is 20.3 Å². The Balaban J connectivity index is 2.09. The van der Waals surface area contributed by atoms with E-state index >= 15 is 0 Å². The number of aromatic carboxylic acids is 1. The number of nitrogens with zero attached hydrogens (tertiary/aromatic N) is 1. The van der Waals surface area contributed by atoms with Gasteiger partial charge in [0.15, 0.2) is 6.61 Å². The Labute approximate surface area is 158 Å². The third kappa shape index (κ3) is 4.53. The van der Waals surface area contributed by atoms with E-state index in [1.54, 1.807) is 6.92 Å². The largest absolute Gasteiger partial charge is 0.490 e. The van der Waals surface area contributed by atoms with Crippen LogP contribution in [0.1, 0.15) is 27.7 Å². The minimum atomic E-state index is -1.10. The van der Waals surface area contributed by atoms with Crippen LogP contribution in [-0.4, -0.2) is 35.6 Å². The number of carboxylic acid groups (broad SMARTS) is 1. The molecular formula is C17H18N2O7S. The van der Waals surface area contributed by atoms with Crippen molar-refractivity contribution in [3.63, 3.8) is 0 Å². The zero-order valence-corrected chi connectivity index (χ0v) is 15.7. The molecule has 1 amide bonds. The highest BCUT2D eigenvalue weighted by molar-refractivity contribution is 7.16. The van der Waals surface area contributed by atoms with E-state index in [1.807, 2.05) is 6.92 Å². The molecule has 0 aliphatic heterocycles. The molecule has 0 saturated carbocycles. The molecule has 27 heavy (non-hydrogen) atoms. The van der Waals surface area contributed by atoms with E-state index < -0.39 is 23.4 Å². The second kappa shape index (κ2) is 8.49. The molecule has 0 bridgehead atoms. The first-order valence-electron chi connectivity index (χ1n) is 7.89. The molecule has 0 saturated heterocycles. The van der Waals surface area contributed by atoms with Gasteiger partial charge in [-0.25, -0.2) is 4.79 Å².